The van der Waals surface area contributed by atoms with Gasteiger partial charge in [-0.05, 0) is 37.0 Å². The first-order chi connectivity index (χ1) is 15.9. The van der Waals surface area contributed by atoms with E-state index in [1.54, 1.807) is 36.4 Å². The molecule has 0 saturated carbocycles. The van der Waals surface area contributed by atoms with E-state index in [-0.39, 0.29) is 25.1 Å². The molecule has 9 nitrogen and oxygen atoms in total. The predicted octanol–water partition coefficient (Wildman–Crippen LogP) is 3.07. The van der Waals surface area contributed by atoms with E-state index in [9.17, 15) is 24.3 Å². The quantitative estimate of drug-likeness (QED) is 0.318. The summed E-state index contributed by atoms with van der Waals surface area (Å²) in [5.74, 6) is -1.74. The van der Waals surface area contributed by atoms with Gasteiger partial charge in [0.15, 0.2) is 0 Å². The van der Waals surface area contributed by atoms with Crippen LogP contribution >= 0.6 is 0 Å². The van der Waals surface area contributed by atoms with E-state index in [2.05, 4.69) is 10.6 Å². The molecule has 1 aromatic heterocycles. The molecule has 2 amide bonds. The molecule has 33 heavy (non-hydrogen) atoms. The van der Waals surface area contributed by atoms with Gasteiger partial charge < -0.3 is 24.9 Å². The van der Waals surface area contributed by atoms with Crippen LogP contribution in [0.2, 0.25) is 0 Å². The van der Waals surface area contributed by atoms with Crippen LogP contribution in [0.4, 0.5) is 4.79 Å². The van der Waals surface area contributed by atoms with Crippen LogP contribution in [0.1, 0.15) is 35.2 Å². The number of carbonyl (C=O) groups is 3. The summed E-state index contributed by atoms with van der Waals surface area (Å²) in [7, 11) is 0. The third-order valence-electron chi connectivity index (χ3n) is 4.89. The van der Waals surface area contributed by atoms with Crippen LogP contribution in [0.5, 0.6) is 0 Å². The summed E-state index contributed by atoms with van der Waals surface area (Å²) in [6.45, 7) is 0.268. The van der Waals surface area contributed by atoms with E-state index in [1.807, 2.05) is 18.2 Å². The normalized spacial score (nSPS) is 11.5. The molecule has 2 aromatic carbocycles. The van der Waals surface area contributed by atoms with Crippen molar-refractivity contribution in [3.63, 3.8) is 0 Å². The van der Waals surface area contributed by atoms with Crippen LogP contribution in [0.3, 0.4) is 0 Å². The van der Waals surface area contributed by atoms with Gasteiger partial charge in [0, 0.05) is 11.9 Å². The van der Waals surface area contributed by atoms with Gasteiger partial charge in [0.2, 0.25) is 0 Å². The number of carboxylic acid groups (broad SMARTS) is 1. The highest BCUT2D eigenvalue weighted by Crippen LogP contribution is 2.12. The van der Waals surface area contributed by atoms with Crippen LogP contribution in [0, 0.1) is 0 Å². The zero-order valence-corrected chi connectivity index (χ0v) is 17.8. The van der Waals surface area contributed by atoms with Gasteiger partial charge in [-0.15, -0.1) is 0 Å². The molecular formula is C24H24N2O7. The lowest BCUT2D eigenvalue weighted by Gasteiger charge is -2.14. The Hall–Kier alpha value is -4.14. The maximum absolute atomic E-state index is 12.3. The van der Waals surface area contributed by atoms with Gasteiger partial charge in [-0.2, -0.15) is 0 Å². The van der Waals surface area contributed by atoms with Crippen molar-refractivity contribution >= 4 is 28.9 Å². The van der Waals surface area contributed by atoms with Crippen molar-refractivity contribution in [2.24, 2.45) is 0 Å². The van der Waals surface area contributed by atoms with Crippen LogP contribution in [0.15, 0.2) is 69.9 Å². The highest BCUT2D eigenvalue weighted by molar-refractivity contribution is 5.96. The molecule has 0 aliphatic carbocycles. The van der Waals surface area contributed by atoms with Crippen molar-refractivity contribution in [3.05, 3.63) is 82.2 Å². The fourth-order valence-corrected chi connectivity index (χ4v) is 3.16. The number of nitrogens with one attached hydrogen (secondary N) is 2. The number of rotatable bonds is 10. The Bertz CT molecular complexity index is 1170. The molecule has 0 bridgehead atoms. The lowest BCUT2D eigenvalue weighted by Crippen LogP contribution is -2.41. The third-order valence-corrected chi connectivity index (χ3v) is 4.89. The molecule has 0 spiro atoms. The second-order valence-corrected chi connectivity index (χ2v) is 7.33. The van der Waals surface area contributed by atoms with Crippen LogP contribution < -0.4 is 16.3 Å². The first kappa shape index (κ1) is 23.5. The van der Waals surface area contributed by atoms with Gasteiger partial charge in [-0.25, -0.2) is 14.4 Å². The first-order valence-electron chi connectivity index (χ1n) is 10.4. The molecule has 3 rings (SSSR count). The molecule has 0 fully saturated rings. The van der Waals surface area contributed by atoms with Gasteiger partial charge in [0.05, 0.1) is 0 Å². The zero-order chi connectivity index (χ0) is 23.6. The minimum Gasteiger partial charge on any atom is -0.480 e. The van der Waals surface area contributed by atoms with Crippen LogP contribution in [-0.2, 0) is 16.1 Å². The van der Waals surface area contributed by atoms with Crippen molar-refractivity contribution in [1.82, 2.24) is 10.6 Å². The van der Waals surface area contributed by atoms with E-state index < -0.39 is 29.6 Å². The van der Waals surface area contributed by atoms with Gasteiger partial charge in [-0.3, -0.25) is 4.79 Å². The molecule has 0 saturated heterocycles. The monoisotopic (exact) mass is 452 g/mol. The highest BCUT2D eigenvalue weighted by atomic mass is 16.5. The Kier molecular flexibility index (Phi) is 8.18. The van der Waals surface area contributed by atoms with E-state index in [1.165, 1.54) is 6.07 Å². The molecule has 0 radical (unpaired) electrons. The van der Waals surface area contributed by atoms with Gasteiger partial charge in [0.25, 0.3) is 5.91 Å². The largest absolute Gasteiger partial charge is 0.480 e. The smallest absolute Gasteiger partial charge is 0.408 e. The van der Waals surface area contributed by atoms with Crippen LogP contribution in [-0.4, -0.2) is 35.7 Å². The molecule has 3 N–H and O–H groups in total. The number of amides is 2. The second-order valence-electron chi connectivity index (χ2n) is 7.33. The molecule has 9 heteroatoms. The van der Waals surface area contributed by atoms with Crippen molar-refractivity contribution in [3.8, 4) is 0 Å². The summed E-state index contributed by atoms with van der Waals surface area (Å²) in [5, 5.41) is 14.9. The Labute approximate surface area is 189 Å². The fraction of sp³-hybridized carbons (Fsp3) is 0.250. The Balaban J connectivity index is 1.41. The number of carbonyl (C=O) groups excluding carboxylic acids is 2. The lowest BCUT2D eigenvalue weighted by atomic mass is 10.1. The summed E-state index contributed by atoms with van der Waals surface area (Å²) in [6, 6.07) is 16.3. The second kappa shape index (κ2) is 11.5. The van der Waals surface area contributed by atoms with Crippen LogP contribution in [0.25, 0.3) is 11.0 Å². The molecule has 3 aromatic rings. The van der Waals surface area contributed by atoms with Gasteiger partial charge in [-0.1, -0.05) is 48.5 Å². The fourth-order valence-electron chi connectivity index (χ4n) is 3.16. The molecule has 0 aliphatic heterocycles. The number of ether oxygens (including phenoxy) is 1. The zero-order valence-electron chi connectivity index (χ0n) is 17.8. The topological polar surface area (TPSA) is 135 Å². The molecular weight excluding hydrogens is 428 g/mol. The lowest BCUT2D eigenvalue weighted by molar-refractivity contribution is -0.139. The number of para-hydroxylation sites is 1. The number of hydrogen-bond donors (Lipinski definition) is 3. The van der Waals surface area contributed by atoms with Crippen molar-refractivity contribution in [2.75, 3.05) is 6.54 Å². The number of benzene rings is 2. The maximum Gasteiger partial charge on any atom is 0.408 e. The average molecular weight is 452 g/mol. The van der Waals surface area contributed by atoms with E-state index in [0.717, 1.165) is 5.56 Å². The number of carboxylic acids is 1. The number of hydrogen-bond acceptors (Lipinski definition) is 6. The van der Waals surface area contributed by atoms with Crippen molar-refractivity contribution in [2.45, 2.75) is 31.9 Å². The standard InChI is InChI=1S/C24H24N2O7/c27-21(18-14-17-10-4-5-12-20(17)33-23(18)30)25-13-7-6-11-19(22(28)29)26-24(31)32-15-16-8-2-1-3-9-16/h1-5,8-10,12,14,19H,6-7,11,13,15H2,(H,25,27)(H,26,31)(H,28,29)/t19-/m0/s1. The minimum absolute atomic E-state index is 0.0355. The Morgan fingerprint density at radius 1 is 1.00 bits per heavy atom. The Morgan fingerprint density at radius 2 is 1.73 bits per heavy atom. The average Bonchev–Trinajstić information content (AvgIpc) is 2.81. The predicted molar refractivity (Wildman–Crippen MR) is 120 cm³/mol. The van der Waals surface area contributed by atoms with Gasteiger partial charge in [0.1, 0.15) is 23.8 Å². The summed E-state index contributed by atoms with van der Waals surface area (Å²) in [6.07, 6.45) is 0.212. The van der Waals surface area contributed by atoms with Crippen molar-refractivity contribution < 1.29 is 28.6 Å². The third kappa shape index (κ3) is 6.93. The van der Waals surface area contributed by atoms with Crippen molar-refractivity contribution in [1.29, 1.82) is 0 Å². The highest BCUT2D eigenvalue weighted by Gasteiger charge is 2.20. The van der Waals surface area contributed by atoms with E-state index >= 15 is 0 Å². The number of fused-ring (bicyclic) bond motifs is 1. The Morgan fingerprint density at radius 3 is 2.48 bits per heavy atom. The summed E-state index contributed by atoms with van der Waals surface area (Å²) in [5.41, 5.74) is 0.361. The molecule has 1 atom stereocenters. The molecule has 1 heterocycles. The number of alkyl carbamates (subject to hydrolysis) is 1. The first-order valence-corrected chi connectivity index (χ1v) is 10.4. The summed E-state index contributed by atoms with van der Waals surface area (Å²) in [4.78, 5) is 47.7. The number of aliphatic carboxylic acids is 1. The maximum atomic E-state index is 12.3. The summed E-state index contributed by atoms with van der Waals surface area (Å²) < 4.78 is 10.2. The van der Waals surface area contributed by atoms with E-state index in [0.29, 0.717) is 23.8 Å². The molecule has 0 aliphatic rings. The summed E-state index contributed by atoms with van der Waals surface area (Å²) >= 11 is 0. The number of unbranched alkanes of at least 4 members (excludes halogenated alkanes) is 1. The van der Waals surface area contributed by atoms with Gasteiger partial charge >= 0.3 is 17.7 Å². The molecule has 0 unspecified atom stereocenters. The minimum atomic E-state index is -1.18. The SMILES string of the molecule is O=C(N[C@@H](CCCCNC(=O)c1cc2ccccc2oc1=O)C(=O)O)OCc1ccccc1. The molecule has 172 valence electrons. The van der Waals surface area contributed by atoms with E-state index in [4.69, 9.17) is 9.15 Å².